The molecule has 206 valence electrons. The van der Waals surface area contributed by atoms with Gasteiger partial charge >= 0.3 is 0 Å². The second kappa shape index (κ2) is 12.0. The maximum Gasteiger partial charge on any atom is 0.269 e. The number of aliphatic hydroxyl groups is 3. The largest absolute Gasteiger partial charge is 0.462 e. The van der Waals surface area contributed by atoms with Gasteiger partial charge in [0, 0.05) is 12.1 Å². The highest BCUT2D eigenvalue weighted by Gasteiger charge is 2.47. The maximum atomic E-state index is 11.0. The van der Waals surface area contributed by atoms with Crippen LogP contribution in [-0.4, -0.2) is 57.6 Å². The summed E-state index contributed by atoms with van der Waals surface area (Å²) in [6.07, 6.45) is -7.11. The Labute approximate surface area is 231 Å². The second-order valence-electron chi connectivity index (χ2n) is 9.47. The Balaban J connectivity index is 1.46. The van der Waals surface area contributed by atoms with Crippen molar-refractivity contribution in [2.24, 2.45) is 0 Å². The van der Waals surface area contributed by atoms with Crippen molar-refractivity contribution < 1.29 is 34.5 Å². The lowest BCUT2D eigenvalue weighted by atomic mass is 9.80. The fraction of sp³-hybridized carbons (Fsp3) is 0.226. The summed E-state index contributed by atoms with van der Waals surface area (Å²) in [7, 11) is 0. The highest BCUT2D eigenvalue weighted by molar-refractivity contribution is 5.47. The normalized spacial score (nSPS) is 22.9. The molecule has 9 nitrogen and oxygen atoms in total. The zero-order valence-corrected chi connectivity index (χ0v) is 21.4. The van der Waals surface area contributed by atoms with Crippen molar-refractivity contribution in [3.05, 3.63) is 142 Å². The number of aliphatic hydroxyl groups excluding tert-OH is 3. The van der Waals surface area contributed by atoms with Gasteiger partial charge in [-0.2, -0.15) is 0 Å². The van der Waals surface area contributed by atoms with Crippen LogP contribution >= 0.6 is 0 Å². The molecule has 0 radical (unpaired) electrons. The maximum absolute atomic E-state index is 11.0. The lowest BCUT2D eigenvalue weighted by Gasteiger charge is -2.42. The van der Waals surface area contributed by atoms with Gasteiger partial charge in [-0.05, 0) is 28.8 Å². The average molecular weight is 544 g/mol. The van der Waals surface area contributed by atoms with E-state index < -0.39 is 41.2 Å². The number of nitro benzene ring substituents is 1. The third-order valence-corrected chi connectivity index (χ3v) is 6.97. The van der Waals surface area contributed by atoms with Gasteiger partial charge in [-0.25, -0.2) is 0 Å². The highest BCUT2D eigenvalue weighted by Crippen LogP contribution is 2.41. The number of ether oxygens (including phenoxy) is 3. The monoisotopic (exact) mass is 543 g/mol. The van der Waals surface area contributed by atoms with Crippen LogP contribution < -0.4 is 4.74 Å². The number of hydrogen-bond donors (Lipinski definition) is 3. The van der Waals surface area contributed by atoms with Crippen LogP contribution in [0.1, 0.15) is 16.7 Å². The first-order chi connectivity index (χ1) is 19.4. The van der Waals surface area contributed by atoms with Crippen molar-refractivity contribution in [2.45, 2.75) is 36.3 Å². The first-order valence-electron chi connectivity index (χ1n) is 12.8. The number of non-ortho nitro benzene ring substituents is 1. The van der Waals surface area contributed by atoms with Crippen molar-refractivity contribution in [3.63, 3.8) is 0 Å². The number of nitro groups is 1. The quantitative estimate of drug-likeness (QED) is 0.165. The minimum atomic E-state index is -1.59. The van der Waals surface area contributed by atoms with Gasteiger partial charge in [0.2, 0.25) is 6.29 Å². The van der Waals surface area contributed by atoms with Gasteiger partial charge in [0.1, 0.15) is 35.8 Å². The number of rotatable bonds is 9. The first kappa shape index (κ1) is 27.4. The van der Waals surface area contributed by atoms with Crippen molar-refractivity contribution >= 4 is 5.69 Å². The fourth-order valence-electron chi connectivity index (χ4n) is 4.91. The number of hydrogen-bond acceptors (Lipinski definition) is 8. The Hall–Kier alpha value is -4.12. The number of benzene rings is 4. The molecule has 1 saturated heterocycles. The Morgan fingerprint density at radius 3 is 1.62 bits per heavy atom. The summed E-state index contributed by atoms with van der Waals surface area (Å²) in [6.45, 7) is -0.177. The predicted molar refractivity (Wildman–Crippen MR) is 146 cm³/mol. The fourth-order valence-corrected chi connectivity index (χ4v) is 4.91. The third kappa shape index (κ3) is 5.46. The van der Waals surface area contributed by atoms with Gasteiger partial charge in [-0.1, -0.05) is 91.0 Å². The molecule has 1 heterocycles. The minimum absolute atomic E-state index is 0.127. The van der Waals surface area contributed by atoms with E-state index in [1.165, 1.54) is 24.3 Å². The van der Waals surface area contributed by atoms with E-state index in [-0.39, 0.29) is 18.0 Å². The molecule has 1 fully saturated rings. The molecule has 40 heavy (non-hydrogen) atoms. The molecule has 4 aromatic rings. The van der Waals surface area contributed by atoms with Gasteiger partial charge < -0.3 is 29.5 Å². The predicted octanol–water partition coefficient (Wildman–Crippen LogP) is 3.79. The molecule has 0 spiro atoms. The van der Waals surface area contributed by atoms with E-state index in [1.54, 1.807) is 0 Å². The summed E-state index contributed by atoms with van der Waals surface area (Å²) in [4.78, 5) is 10.4. The van der Waals surface area contributed by atoms with Crippen LogP contribution in [0.5, 0.6) is 5.75 Å². The second-order valence-corrected chi connectivity index (χ2v) is 9.47. The lowest BCUT2D eigenvalue weighted by Crippen LogP contribution is -2.60. The van der Waals surface area contributed by atoms with Crippen LogP contribution in [-0.2, 0) is 15.1 Å². The summed E-state index contributed by atoms with van der Waals surface area (Å²) in [5.41, 5.74) is 1.31. The van der Waals surface area contributed by atoms with Gasteiger partial charge in [0.05, 0.1) is 11.5 Å². The highest BCUT2D eigenvalue weighted by atomic mass is 16.7. The SMILES string of the molecule is O=[N+]([O-])c1ccc(O[C@H]2O[C@H](COC(c3ccccc3)(c3ccccc3)c3ccccc3)[C@@H](O)[C@H](O)[C@H]2O)cc1. The molecule has 0 bridgehead atoms. The topological polar surface area (TPSA) is 132 Å². The van der Waals surface area contributed by atoms with Crippen LogP contribution in [0, 0.1) is 10.1 Å². The molecule has 5 atom stereocenters. The van der Waals surface area contributed by atoms with Crippen molar-refractivity contribution in [1.29, 1.82) is 0 Å². The molecular formula is C31H29NO8. The zero-order valence-electron chi connectivity index (χ0n) is 21.4. The van der Waals surface area contributed by atoms with E-state index in [0.717, 1.165) is 16.7 Å². The molecule has 5 rings (SSSR count). The Kier molecular flexibility index (Phi) is 8.20. The Morgan fingerprint density at radius 2 is 1.18 bits per heavy atom. The molecule has 0 aliphatic carbocycles. The Morgan fingerprint density at radius 1 is 0.700 bits per heavy atom. The molecule has 0 aromatic heterocycles. The third-order valence-electron chi connectivity index (χ3n) is 6.97. The van der Waals surface area contributed by atoms with Crippen LogP contribution in [0.3, 0.4) is 0 Å². The molecule has 0 amide bonds. The number of nitrogens with zero attached hydrogens (tertiary/aromatic N) is 1. The summed E-state index contributed by atoms with van der Waals surface area (Å²) < 4.78 is 18.4. The summed E-state index contributed by atoms with van der Waals surface area (Å²) in [5.74, 6) is 0.185. The van der Waals surface area contributed by atoms with E-state index in [0.29, 0.717) is 0 Å². The van der Waals surface area contributed by atoms with E-state index >= 15 is 0 Å². The summed E-state index contributed by atoms with van der Waals surface area (Å²) in [5, 5.41) is 43.1. The van der Waals surface area contributed by atoms with Crippen LogP contribution in [0.2, 0.25) is 0 Å². The average Bonchev–Trinajstić information content (AvgIpc) is 3.00. The lowest BCUT2D eigenvalue weighted by molar-refractivity contribution is -0.384. The van der Waals surface area contributed by atoms with Crippen molar-refractivity contribution in [3.8, 4) is 5.75 Å². The van der Waals surface area contributed by atoms with Crippen LogP contribution in [0.4, 0.5) is 5.69 Å². The van der Waals surface area contributed by atoms with E-state index in [2.05, 4.69) is 0 Å². The van der Waals surface area contributed by atoms with Crippen LogP contribution in [0.15, 0.2) is 115 Å². The smallest absolute Gasteiger partial charge is 0.269 e. The summed E-state index contributed by atoms with van der Waals surface area (Å²) in [6, 6.07) is 34.2. The van der Waals surface area contributed by atoms with Gasteiger partial charge in [-0.3, -0.25) is 10.1 Å². The molecule has 1 aliphatic rings. The molecule has 0 saturated carbocycles. The molecular weight excluding hydrogens is 514 g/mol. The molecule has 0 unspecified atom stereocenters. The van der Waals surface area contributed by atoms with Crippen molar-refractivity contribution in [1.82, 2.24) is 0 Å². The van der Waals surface area contributed by atoms with E-state index in [1.807, 2.05) is 91.0 Å². The van der Waals surface area contributed by atoms with E-state index in [4.69, 9.17) is 14.2 Å². The van der Waals surface area contributed by atoms with Gasteiger partial charge in [0.25, 0.3) is 5.69 Å². The molecule has 4 aromatic carbocycles. The van der Waals surface area contributed by atoms with Crippen molar-refractivity contribution in [2.75, 3.05) is 6.61 Å². The summed E-state index contributed by atoms with van der Waals surface area (Å²) >= 11 is 0. The first-order valence-corrected chi connectivity index (χ1v) is 12.8. The zero-order chi connectivity index (χ0) is 28.1. The van der Waals surface area contributed by atoms with Gasteiger partial charge in [-0.15, -0.1) is 0 Å². The van der Waals surface area contributed by atoms with Crippen LogP contribution in [0.25, 0.3) is 0 Å². The molecule has 1 aliphatic heterocycles. The standard InChI is InChI=1S/C31H29NO8/c33-27-26(40-30(29(35)28(27)34)39-25-18-16-24(17-19-25)32(36)37)20-38-31(21-10-4-1-5-11-21,22-12-6-2-7-13-22)23-14-8-3-9-15-23/h1-19,26-30,33-35H,20H2/t26-,27-,28+,29-,30+/m1/s1. The van der Waals surface area contributed by atoms with E-state index in [9.17, 15) is 25.4 Å². The molecule has 3 N–H and O–H groups in total. The van der Waals surface area contributed by atoms with Gasteiger partial charge in [0.15, 0.2) is 0 Å². The molecule has 9 heteroatoms. The minimum Gasteiger partial charge on any atom is -0.462 e. The Bertz CT molecular complexity index is 1290.